The summed E-state index contributed by atoms with van der Waals surface area (Å²) in [5, 5.41) is 24.4. The number of halogens is 4. The first kappa shape index (κ1) is 25.7. The summed E-state index contributed by atoms with van der Waals surface area (Å²) in [7, 11) is 0. The first-order valence-corrected chi connectivity index (χ1v) is 13.2. The predicted molar refractivity (Wildman–Crippen MR) is 147 cm³/mol. The molecule has 0 radical (unpaired) electrons. The average Bonchev–Trinajstić information content (AvgIpc) is 3.25. The molecular formula is C23H15Br2Cl2N5O2S. The van der Waals surface area contributed by atoms with Crippen molar-refractivity contribution in [2.75, 3.05) is 5.75 Å². The van der Waals surface area contributed by atoms with Gasteiger partial charge >= 0.3 is 0 Å². The summed E-state index contributed by atoms with van der Waals surface area (Å²) in [4.78, 5) is 12.4. The van der Waals surface area contributed by atoms with Crippen molar-refractivity contribution in [3.8, 4) is 22.8 Å². The van der Waals surface area contributed by atoms with E-state index in [4.69, 9.17) is 23.2 Å². The Morgan fingerprint density at radius 2 is 1.71 bits per heavy atom. The van der Waals surface area contributed by atoms with Crippen LogP contribution in [0.5, 0.6) is 5.75 Å². The van der Waals surface area contributed by atoms with E-state index in [0.29, 0.717) is 31.1 Å². The second kappa shape index (κ2) is 11.6. The third kappa shape index (κ3) is 6.45. The fraction of sp³-hybridized carbons (Fsp3) is 0.0435. The van der Waals surface area contributed by atoms with E-state index < -0.39 is 0 Å². The molecule has 1 heterocycles. The van der Waals surface area contributed by atoms with Crippen molar-refractivity contribution in [1.29, 1.82) is 0 Å². The Kier molecular flexibility index (Phi) is 8.51. The highest BCUT2D eigenvalue weighted by molar-refractivity contribution is 9.11. The number of nitrogens with zero attached hydrogens (tertiary/aromatic N) is 4. The molecule has 0 unspecified atom stereocenters. The lowest BCUT2D eigenvalue weighted by atomic mass is 10.2. The molecule has 0 aliphatic heterocycles. The lowest BCUT2D eigenvalue weighted by Crippen LogP contribution is -2.20. The van der Waals surface area contributed by atoms with Gasteiger partial charge in [-0.15, -0.1) is 10.2 Å². The van der Waals surface area contributed by atoms with Gasteiger partial charge in [0.2, 0.25) is 0 Å². The third-order valence-electron chi connectivity index (χ3n) is 4.60. The number of phenolic OH excluding ortho intramolecular Hbond substituents is 1. The third-order valence-corrected chi connectivity index (χ3v) is 7.10. The minimum atomic E-state index is -0.349. The van der Waals surface area contributed by atoms with Crippen LogP contribution in [0.25, 0.3) is 17.1 Å². The van der Waals surface area contributed by atoms with Crippen molar-refractivity contribution in [3.05, 3.63) is 85.2 Å². The highest BCUT2D eigenvalue weighted by Crippen LogP contribution is 2.31. The lowest BCUT2D eigenvalue weighted by Gasteiger charge is -2.10. The van der Waals surface area contributed by atoms with Crippen LogP contribution in [0.2, 0.25) is 10.0 Å². The molecule has 4 aromatic rings. The Balaban J connectivity index is 1.51. The summed E-state index contributed by atoms with van der Waals surface area (Å²) in [6.07, 6.45) is 1.36. The molecule has 4 rings (SSSR count). The molecule has 0 fully saturated rings. The number of hydrogen-bond donors (Lipinski definition) is 2. The molecule has 178 valence electrons. The van der Waals surface area contributed by atoms with Gasteiger partial charge in [-0.3, -0.25) is 9.36 Å². The van der Waals surface area contributed by atoms with Gasteiger partial charge in [-0.25, -0.2) is 5.43 Å². The molecule has 35 heavy (non-hydrogen) atoms. The molecule has 0 bridgehead atoms. The SMILES string of the molecule is O=C(CSc1nnc(-c2ccc(Cl)cc2)n1-c1ccc(Cl)cc1)N/N=C\c1cc(Br)cc(Br)c1O. The van der Waals surface area contributed by atoms with Crippen molar-refractivity contribution in [2.24, 2.45) is 5.10 Å². The zero-order chi connectivity index (χ0) is 24.9. The average molecular weight is 656 g/mol. The number of hydrogen-bond acceptors (Lipinski definition) is 6. The Morgan fingerprint density at radius 3 is 2.40 bits per heavy atom. The number of phenols is 1. The molecule has 0 spiro atoms. The van der Waals surface area contributed by atoms with E-state index in [-0.39, 0.29) is 17.4 Å². The summed E-state index contributed by atoms with van der Waals surface area (Å²) < 4.78 is 3.11. The molecule has 3 aromatic carbocycles. The Labute approximate surface area is 231 Å². The summed E-state index contributed by atoms with van der Waals surface area (Å²) in [6.45, 7) is 0. The van der Waals surface area contributed by atoms with Gasteiger partial charge in [-0.1, -0.05) is 50.9 Å². The smallest absolute Gasteiger partial charge is 0.250 e. The van der Waals surface area contributed by atoms with Crippen LogP contribution in [0.1, 0.15) is 5.56 Å². The minimum Gasteiger partial charge on any atom is -0.506 e. The Morgan fingerprint density at radius 1 is 1.06 bits per heavy atom. The number of thioether (sulfide) groups is 1. The highest BCUT2D eigenvalue weighted by atomic mass is 79.9. The second-order valence-electron chi connectivity index (χ2n) is 7.03. The number of hydrazone groups is 1. The molecule has 0 atom stereocenters. The van der Waals surface area contributed by atoms with Crippen LogP contribution in [0, 0.1) is 0 Å². The van der Waals surface area contributed by atoms with Crippen molar-refractivity contribution < 1.29 is 9.90 Å². The van der Waals surface area contributed by atoms with Crippen LogP contribution in [-0.2, 0) is 4.79 Å². The largest absolute Gasteiger partial charge is 0.506 e. The number of carbonyl (C=O) groups is 1. The van der Waals surface area contributed by atoms with Gasteiger partial charge in [0.05, 0.1) is 16.4 Å². The number of benzene rings is 3. The Bertz CT molecular complexity index is 1400. The summed E-state index contributed by atoms with van der Waals surface area (Å²) >= 11 is 19.9. The molecular weight excluding hydrogens is 641 g/mol. The standard InChI is InChI=1S/C23H15Br2Cl2N5O2S/c24-15-9-14(21(34)19(25)10-15)11-28-29-20(33)12-35-23-31-30-22(13-1-3-16(26)4-2-13)32(23)18-7-5-17(27)6-8-18/h1-11,34H,12H2,(H,29,33)/b28-11-. The highest BCUT2D eigenvalue weighted by Gasteiger charge is 2.17. The van der Waals surface area contributed by atoms with E-state index in [1.54, 1.807) is 36.4 Å². The van der Waals surface area contributed by atoms with Gasteiger partial charge in [0, 0.05) is 31.3 Å². The fourth-order valence-electron chi connectivity index (χ4n) is 2.99. The van der Waals surface area contributed by atoms with Crippen LogP contribution < -0.4 is 5.43 Å². The van der Waals surface area contributed by atoms with Crippen LogP contribution in [0.15, 0.2) is 79.9 Å². The van der Waals surface area contributed by atoms with Gasteiger partial charge in [-0.2, -0.15) is 5.10 Å². The molecule has 1 amide bonds. The lowest BCUT2D eigenvalue weighted by molar-refractivity contribution is -0.118. The van der Waals surface area contributed by atoms with Crippen LogP contribution >= 0.6 is 66.8 Å². The zero-order valence-electron chi connectivity index (χ0n) is 17.6. The monoisotopic (exact) mass is 653 g/mol. The molecule has 12 heteroatoms. The number of nitrogens with one attached hydrogen (secondary N) is 1. The first-order valence-electron chi connectivity index (χ1n) is 9.92. The molecule has 0 saturated heterocycles. The molecule has 0 aliphatic rings. The normalized spacial score (nSPS) is 11.2. The fourth-order valence-corrected chi connectivity index (χ4v) is 5.25. The maximum atomic E-state index is 12.4. The van der Waals surface area contributed by atoms with E-state index in [1.165, 1.54) is 18.0 Å². The summed E-state index contributed by atoms with van der Waals surface area (Å²) in [5.41, 5.74) is 4.51. The topological polar surface area (TPSA) is 92.4 Å². The minimum absolute atomic E-state index is 0.0198. The van der Waals surface area contributed by atoms with Crippen LogP contribution in [0.4, 0.5) is 0 Å². The van der Waals surface area contributed by atoms with Crippen molar-refractivity contribution in [3.63, 3.8) is 0 Å². The van der Waals surface area contributed by atoms with E-state index in [1.807, 2.05) is 28.8 Å². The number of aromatic hydroxyl groups is 1. The first-order chi connectivity index (χ1) is 16.8. The molecule has 0 aliphatic carbocycles. The number of amides is 1. The molecule has 2 N–H and O–H groups in total. The van der Waals surface area contributed by atoms with E-state index >= 15 is 0 Å². The molecule has 0 saturated carbocycles. The van der Waals surface area contributed by atoms with E-state index in [0.717, 1.165) is 15.7 Å². The maximum Gasteiger partial charge on any atom is 0.250 e. The van der Waals surface area contributed by atoms with Crippen LogP contribution in [0.3, 0.4) is 0 Å². The van der Waals surface area contributed by atoms with Crippen molar-refractivity contribution >= 4 is 78.9 Å². The van der Waals surface area contributed by atoms with Gasteiger partial charge in [0.15, 0.2) is 11.0 Å². The van der Waals surface area contributed by atoms with Crippen molar-refractivity contribution in [2.45, 2.75) is 5.16 Å². The number of aromatic nitrogens is 3. The second-order valence-corrected chi connectivity index (χ2v) is 10.6. The van der Waals surface area contributed by atoms with Crippen molar-refractivity contribution in [1.82, 2.24) is 20.2 Å². The molecule has 7 nitrogen and oxygen atoms in total. The predicted octanol–water partition coefficient (Wildman–Crippen LogP) is 6.71. The van der Waals surface area contributed by atoms with Gasteiger partial charge in [0.25, 0.3) is 5.91 Å². The van der Waals surface area contributed by atoms with Gasteiger partial charge in [0.1, 0.15) is 5.75 Å². The van der Waals surface area contributed by atoms with E-state index in [9.17, 15) is 9.90 Å². The number of rotatable bonds is 7. The summed E-state index contributed by atoms with van der Waals surface area (Å²) in [6, 6.07) is 17.9. The van der Waals surface area contributed by atoms with Crippen LogP contribution in [-0.4, -0.2) is 37.7 Å². The zero-order valence-corrected chi connectivity index (χ0v) is 23.1. The van der Waals surface area contributed by atoms with E-state index in [2.05, 4.69) is 52.6 Å². The number of carbonyl (C=O) groups excluding carboxylic acids is 1. The summed E-state index contributed by atoms with van der Waals surface area (Å²) in [5.74, 6) is 0.309. The Hall–Kier alpha value is -2.37. The van der Waals surface area contributed by atoms with Gasteiger partial charge in [-0.05, 0) is 76.6 Å². The molecule has 1 aromatic heterocycles. The van der Waals surface area contributed by atoms with Gasteiger partial charge < -0.3 is 5.11 Å². The maximum absolute atomic E-state index is 12.4. The quantitative estimate of drug-likeness (QED) is 0.131.